The number of aliphatic hydroxyl groups is 1. The number of aryl methyl sites for hydroxylation is 2. The number of carbonyl (C=O) groups excluding carboxylic acids is 1. The van der Waals surface area contributed by atoms with Crippen molar-refractivity contribution in [3.8, 4) is 0 Å². The van der Waals surface area contributed by atoms with Gasteiger partial charge in [-0.2, -0.15) is 5.10 Å². The SMILES string of the molecule is Cc1cnn(CCC(=O)N(CC(C)O)C(C)C)c1. The Hall–Kier alpha value is -1.36. The van der Waals surface area contributed by atoms with Crippen molar-refractivity contribution in [1.82, 2.24) is 14.7 Å². The molecule has 0 fully saturated rings. The van der Waals surface area contributed by atoms with Crippen molar-refractivity contribution in [3.63, 3.8) is 0 Å². The van der Waals surface area contributed by atoms with E-state index in [1.807, 2.05) is 27.0 Å². The van der Waals surface area contributed by atoms with Crippen LogP contribution in [0.15, 0.2) is 12.4 Å². The lowest BCUT2D eigenvalue weighted by molar-refractivity contribution is -0.134. The molecule has 0 bridgehead atoms. The van der Waals surface area contributed by atoms with Crippen LogP contribution in [0.4, 0.5) is 0 Å². The van der Waals surface area contributed by atoms with Crippen LogP contribution in [-0.4, -0.2) is 44.4 Å². The highest BCUT2D eigenvalue weighted by Crippen LogP contribution is 2.05. The third kappa shape index (κ3) is 4.49. The van der Waals surface area contributed by atoms with Gasteiger partial charge in [0.05, 0.1) is 12.3 Å². The van der Waals surface area contributed by atoms with Crippen LogP contribution in [0, 0.1) is 6.92 Å². The van der Waals surface area contributed by atoms with E-state index in [0.717, 1.165) is 5.56 Å². The van der Waals surface area contributed by atoms with Crippen LogP contribution in [-0.2, 0) is 11.3 Å². The summed E-state index contributed by atoms with van der Waals surface area (Å²) in [7, 11) is 0. The first-order valence-corrected chi connectivity index (χ1v) is 6.36. The van der Waals surface area contributed by atoms with E-state index in [2.05, 4.69) is 5.10 Å². The van der Waals surface area contributed by atoms with E-state index in [9.17, 15) is 9.90 Å². The van der Waals surface area contributed by atoms with Gasteiger partial charge in [0.1, 0.15) is 0 Å². The lowest BCUT2D eigenvalue weighted by atomic mass is 10.2. The highest BCUT2D eigenvalue weighted by atomic mass is 16.3. The third-order valence-electron chi connectivity index (χ3n) is 2.72. The Bertz CT molecular complexity index is 385. The number of rotatable bonds is 6. The van der Waals surface area contributed by atoms with E-state index in [4.69, 9.17) is 0 Å². The highest BCUT2D eigenvalue weighted by molar-refractivity contribution is 5.76. The predicted molar refractivity (Wildman–Crippen MR) is 70.1 cm³/mol. The van der Waals surface area contributed by atoms with Gasteiger partial charge >= 0.3 is 0 Å². The number of hydrogen-bond donors (Lipinski definition) is 1. The summed E-state index contributed by atoms with van der Waals surface area (Å²) in [6.45, 7) is 8.54. The van der Waals surface area contributed by atoms with Crippen molar-refractivity contribution in [2.75, 3.05) is 6.54 Å². The molecule has 0 saturated heterocycles. The second-order valence-corrected chi connectivity index (χ2v) is 5.02. The molecule has 0 saturated carbocycles. The maximum atomic E-state index is 12.1. The quantitative estimate of drug-likeness (QED) is 0.828. The molecule has 1 aromatic rings. The van der Waals surface area contributed by atoms with Crippen molar-refractivity contribution in [2.24, 2.45) is 0 Å². The molecule has 1 rings (SSSR count). The molecule has 5 heteroatoms. The Labute approximate surface area is 108 Å². The lowest BCUT2D eigenvalue weighted by Gasteiger charge is -2.28. The van der Waals surface area contributed by atoms with Gasteiger partial charge in [-0.1, -0.05) is 0 Å². The molecule has 1 amide bonds. The summed E-state index contributed by atoms with van der Waals surface area (Å²) in [5.41, 5.74) is 1.09. The fraction of sp³-hybridized carbons (Fsp3) is 0.692. The zero-order chi connectivity index (χ0) is 13.7. The fourth-order valence-corrected chi connectivity index (χ4v) is 1.83. The number of nitrogens with zero attached hydrogens (tertiary/aromatic N) is 3. The van der Waals surface area contributed by atoms with Crippen LogP contribution in [0.3, 0.4) is 0 Å². The van der Waals surface area contributed by atoms with Crippen LogP contribution in [0.2, 0.25) is 0 Å². The zero-order valence-electron chi connectivity index (χ0n) is 11.6. The van der Waals surface area contributed by atoms with Crippen LogP contribution in [0.5, 0.6) is 0 Å². The molecular formula is C13H23N3O2. The molecular weight excluding hydrogens is 230 g/mol. The summed E-state index contributed by atoms with van der Waals surface area (Å²) in [5, 5.41) is 13.5. The van der Waals surface area contributed by atoms with Gasteiger partial charge in [0.15, 0.2) is 0 Å². The smallest absolute Gasteiger partial charge is 0.224 e. The predicted octanol–water partition coefficient (Wildman–Crippen LogP) is 1.20. The molecule has 0 aromatic carbocycles. The second-order valence-electron chi connectivity index (χ2n) is 5.02. The molecule has 0 spiro atoms. The van der Waals surface area contributed by atoms with E-state index >= 15 is 0 Å². The van der Waals surface area contributed by atoms with Gasteiger partial charge in [-0.15, -0.1) is 0 Å². The maximum absolute atomic E-state index is 12.1. The Kier molecular flexibility index (Phi) is 5.34. The number of aliphatic hydroxyl groups excluding tert-OH is 1. The number of aromatic nitrogens is 2. The second kappa shape index (κ2) is 6.54. The molecule has 1 aromatic heterocycles. The number of hydrogen-bond acceptors (Lipinski definition) is 3. The molecule has 1 N–H and O–H groups in total. The van der Waals surface area contributed by atoms with Crippen LogP contribution < -0.4 is 0 Å². The van der Waals surface area contributed by atoms with Gasteiger partial charge in [0.25, 0.3) is 0 Å². The summed E-state index contributed by atoms with van der Waals surface area (Å²) in [6, 6.07) is 0.103. The van der Waals surface area contributed by atoms with E-state index in [1.54, 1.807) is 22.7 Å². The van der Waals surface area contributed by atoms with Crippen molar-refractivity contribution in [1.29, 1.82) is 0 Å². The van der Waals surface area contributed by atoms with Gasteiger partial charge in [-0.25, -0.2) is 0 Å². The van der Waals surface area contributed by atoms with Crippen molar-refractivity contribution in [3.05, 3.63) is 18.0 Å². The van der Waals surface area contributed by atoms with Crippen LogP contribution in [0.25, 0.3) is 0 Å². The average Bonchev–Trinajstić information content (AvgIpc) is 2.68. The molecule has 0 radical (unpaired) electrons. The molecule has 0 aliphatic heterocycles. The molecule has 1 unspecified atom stereocenters. The summed E-state index contributed by atoms with van der Waals surface area (Å²) < 4.78 is 1.77. The van der Waals surface area contributed by atoms with Gasteiger partial charge in [0, 0.05) is 31.7 Å². The number of carbonyl (C=O) groups is 1. The van der Waals surface area contributed by atoms with Gasteiger partial charge in [-0.05, 0) is 33.3 Å². The van der Waals surface area contributed by atoms with Crippen LogP contribution in [0.1, 0.15) is 32.8 Å². The Balaban J connectivity index is 2.51. The normalized spacial score (nSPS) is 12.8. The van der Waals surface area contributed by atoms with E-state index in [1.165, 1.54) is 0 Å². The summed E-state index contributed by atoms with van der Waals surface area (Å²) >= 11 is 0. The molecule has 0 aliphatic rings. The first-order valence-electron chi connectivity index (χ1n) is 6.36. The zero-order valence-corrected chi connectivity index (χ0v) is 11.6. The molecule has 1 atom stereocenters. The maximum Gasteiger partial charge on any atom is 0.224 e. The summed E-state index contributed by atoms with van der Waals surface area (Å²) in [6.07, 6.45) is 3.61. The minimum Gasteiger partial charge on any atom is -0.392 e. The van der Waals surface area contributed by atoms with Crippen molar-refractivity contribution in [2.45, 2.75) is 52.8 Å². The van der Waals surface area contributed by atoms with Gasteiger partial charge in [0.2, 0.25) is 5.91 Å². The first kappa shape index (κ1) is 14.7. The largest absolute Gasteiger partial charge is 0.392 e. The topological polar surface area (TPSA) is 58.4 Å². The molecule has 5 nitrogen and oxygen atoms in total. The van der Waals surface area contributed by atoms with E-state index in [0.29, 0.717) is 19.5 Å². The third-order valence-corrected chi connectivity index (χ3v) is 2.72. The molecule has 1 heterocycles. The molecule has 0 aliphatic carbocycles. The Morgan fingerprint density at radius 1 is 1.50 bits per heavy atom. The Morgan fingerprint density at radius 3 is 2.61 bits per heavy atom. The highest BCUT2D eigenvalue weighted by Gasteiger charge is 2.18. The average molecular weight is 253 g/mol. The fourth-order valence-electron chi connectivity index (χ4n) is 1.83. The molecule has 102 valence electrons. The van der Waals surface area contributed by atoms with Gasteiger partial charge < -0.3 is 10.0 Å². The first-order chi connectivity index (χ1) is 8.40. The summed E-state index contributed by atoms with van der Waals surface area (Å²) in [4.78, 5) is 13.8. The monoisotopic (exact) mass is 253 g/mol. The van der Waals surface area contributed by atoms with E-state index < -0.39 is 6.10 Å². The van der Waals surface area contributed by atoms with Crippen molar-refractivity contribution < 1.29 is 9.90 Å². The molecule has 18 heavy (non-hydrogen) atoms. The lowest BCUT2D eigenvalue weighted by Crippen LogP contribution is -2.41. The minimum atomic E-state index is -0.497. The number of amides is 1. The standard InChI is InChI=1S/C13H23N3O2/c1-10(2)16(9-12(4)17)13(18)5-6-15-8-11(3)7-14-15/h7-8,10,12,17H,5-6,9H2,1-4H3. The van der Waals surface area contributed by atoms with Gasteiger partial charge in [-0.3, -0.25) is 9.48 Å². The minimum absolute atomic E-state index is 0.0547. The van der Waals surface area contributed by atoms with Crippen molar-refractivity contribution >= 4 is 5.91 Å². The Morgan fingerprint density at radius 2 is 2.17 bits per heavy atom. The summed E-state index contributed by atoms with van der Waals surface area (Å²) in [5.74, 6) is 0.0547. The van der Waals surface area contributed by atoms with E-state index in [-0.39, 0.29) is 11.9 Å². The van der Waals surface area contributed by atoms with Crippen LogP contribution >= 0.6 is 0 Å².